The smallest absolute Gasteiger partial charge is 0.317 e. The van der Waals surface area contributed by atoms with E-state index in [9.17, 15) is 4.79 Å². The Morgan fingerprint density at radius 2 is 2.04 bits per heavy atom. The highest BCUT2D eigenvalue weighted by Gasteiger charge is 2.46. The van der Waals surface area contributed by atoms with Crippen LogP contribution in [0.2, 0.25) is 0 Å². The van der Waals surface area contributed by atoms with Crippen LogP contribution in [0.4, 0.5) is 4.79 Å². The molecular weight excluding hydrogens is 318 g/mol. The number of nitrogens with one attached hydrogen (secondary N) is 1. The van der Waals surface area contributed by atoms with Crippen molar-refractivity contribution in [2.75, 3.05) is 60.1 Å². The Hall–Kier alpha value is -1.79. The number of ether oxygens (including phenoxy) is 2. The summed E-state index contributed by atoms with van der Waals surface area (Å²) in [4.78, 5) is 16.5. The topological polar surface area (TPSA) is 54.0 Å². The molecule has 1 aliphatic heterocycles. The van der Waals surface area contributed by atoms with Gasteiger partial charge in [-0.1, -0.05) is 18.2 Å². The van der Waals surface area contributed by atoms with Crippen molar-refractivity contribution in [3.63, 3.8) is 0 Å². The molecule has 1 aliphatic carbocycles. The Morgan fingerprint density at radius 1 is 1.32 bits per heavy atom. The molecule has 2 amide bonds. The third-order valence-electron chi connectivity index (χ3n) is 5.31. The van der Waals surface area contributed by atoms with Crippen molar-refractivity contribution in [1.82, 2.24) is 15.1 Å². The van der Waals surface area contributed by atoms with Crippen molar-refractivity contribution in [3.05, 3.63) is 29.8 Å². The van der Waals surface area contributed by atoms with E-state index in [1.807, 2.05) is 25.2 Å². The third kappa shape index (κ3) is 4.44. The van der Waals surface area contributed by atoms with Crippen LogP contribution in [0.3, 0.4) is 0 Å². The summed E-state index contributed by atoms with van der Waals surface area (Å²) in [6.07, 6.45) is 2.18. The highest BCUT2D eigenvalue weighted by Crippen LogP contribution is 2.50. The molecule has 2 fully saturated rings. The van der Waals surface area contributed by atoms with Crippen LogP contribution < -0.4 is 10.1 Å². The second-order valence-corrected chi connectivity index (χ2v) is 7.01. The summed E-state index contributed by atoms with van der Waals surface area (Å²) in [6.45, 7) is 5.76. The van der Waals surface area contributed by atoms with Gasteiger partial charge in [0.05, 0.1) is 20.3 Å². The van der Waals surface area contributed by atoms with Crippen LogP contribution in [0.25, 0.3) is 0 Å². The standard InChI is InChI=1S/C19H29N3O3/c1-21(9-10-22-11-13-25-14-12-22)18(23)20-15-19(7-8-19)16-5-3-4-6-17(16)24-2/h3-6H,7-15H2,1-2H3,(H,20,23). The summed E-state index contributed by atoms with van der Waals surface area (Å²) in [6, 6.07) is 8.12. The SMILES string of the molecule is COc1ccccc1C1(CNC(=O)N(C)CCN2CCOCC2)CC1. The number of carbonyl (C=O) groups excluding carboxylic acids is 1. The minimum atomic E-state index is -0.00516. The molecule has 0 unspecified atom stereocenters. The molecule has 6 nitrogen and oxygen atoms in total. The zero-order chi connectivity index (χ0) is 17.7. The Labute approximate surface area is 150 Å². The number of urea groups is 1. The summed E-state index contributed by atoms with van der Waals surface area (Å²) in [5, 5.41) is 3.11. The molecular formula is C19H29N3O3. The van der Waals surface area contributed by atoms with Gasteiger partial charge in [-0.2, -0.15) is 0 Å². The highest BCUT2D eigenvalue weighted by atomic mass is 16.5. The van der Waals surface area contributed by atoms with Crippen molar-refractivity contribution in [2.45, 2.75) is 18.3 Å². The number of amides is 2. The van der Waals surface area contributed by atoms with E-state index in [1.165, 1.54) is 5.56 Å². The number of likely N-dealkylation sites (N-methyl/N-ethyl adjacent to an activating group) is 1. The lowest BCUT2D eigenvalue weighted by Crippen LogP contribution is -2.45. The molecule has 6 heteroatoms. The third-order valence-corrected chi connectivity index (χ3v) is 5.31. The zero-order valence-electron chi connectivity index (χ0n) is 15.3. The van der Waals surface area contributed by atoms with E-state index in [0.717, 1.165) is 58.0 Å². The van der Waals surface area contributed by atoms with Crippen LogP contribution in [0.15, 0.2) is 24.3 Å². The molecule has 1 aromatic carbocycles. The van der Waals surface area contributed by atoms with Crippen molar-refractivity contribution < 1.29 is 14.3 Å². The summed E-state index contributed by atoms with van der Waals surface area (Å²) < 4.78 is 10.8. The first-order valence-corrected chi connectivity index (χ1v) is 9.07. The first-order chi connectivity index (χ1) is 12.1. The van der Waals surface area contributed by atoms with Gasteiger partial charge in [-0.05, 0) is 18.9 Å². The van der Waals surface area contributed by atoms with Gasteiger partial charge in [-0.3, -0.25) is 4.90 Å². The number of benzene rings is 1. The van der Waals surface area contributed by atoms with E-state index < -0.39 is 0 Å². The largest absolute Gasteiger partial charge is 0.496 e. The minimum absolute atomic E-state index is 0.00516. The number of hydrogen-bond acceptors (Lipinski definition) is 4. The summed E-state index contributed by atoms with van der Waals surface area (Å²) >= 11 is 0. The van der Waals surface area contributed by atoms with Gasteiger partial charge in [-0.25, -0.2) is 4.79 Å². The van der Waals surface area contributed by atoms with Crippen LogP contribution in [0.1, 0.15) is 18.4 Å². The normalized spacial score (nSPS) is 19.3. The first kappa shape index (κ1) is 18.0. The molecule has 0 aromatic heterocycles. The molecule has 0 spiro atoms. The van der Waals surface area contributed by atoms with E-state index in [2.05, 4.69) is 16.3 Å². The van der Waals surface area contributed by atoms with Crippen LogP contribution in [-0.2, 0) is 10.2 Å². The molecule has 25 heavy (non-hydrogen) atoms. The fraction of sp³-hybridized carbons (Fsp3) is 0.632. The molecule has 3 rings (SSSR count). The molecule has 2 aliphatic rings. The van der Waals surface area contributed by atoms with Gasteiger partial charge in [0, 0.05) is 50.7 Å². The van der Waals surface area contributed by atoms with Gasteiger partial charge in [0.25, 0.3) is 0 Å². The molecule has 1 aromatic rings. The molecule has 1 saturated carbocycles. The number of hydrogen-bond donors (Lipinski definition) is 1. The van der Waals surface area contributed by atoms with Gasteiger partial charge in [0.1, 0.15) is 5.75 Å². The number of methoxy groups -OCH3 is 1. The lowest BCUT2D eigenvalue weighted by Gasteiger charge is -2.29. The second kappa shape index (κ2) is 8.06. The van der Waals surface area contributed by atoms with Crippen molar-refractivity contribution >= 4 is 6.03 Å². The average Bonchev–Trinajstić information content (AvgIpc) is 3.46. The first-order valence-electron chi connectivity index (χ1n) is 9.07. The summed E-state index contributed by atoms with van der Waals surface area (Å²) in [5.74, 6) is 0.912. The average molecular weight is 347 g/mol. The van der Waals surface area contributed by atoms with Crippen LogP contribution >= 0.6 is 0 Å². The Morgan fingerprint density at radius 3 is 2.72 bits per heavy atom. The number of para-hydroxylation sites is 1. The van der Waals surface area contributed by atoms with Crippen LogP contribution in [0.5, 0.6) is 5.75 Å². The summed E-state index contributed by atoms with van der Waals surface area (Å²) in [7, 11) is 3.56. The predicted molar refractivity (Wildman–Crippen MR) is 97.2 cm³/mol. The quantitative estimate of drug-likeness (QED) is 0.816. The molecule has 1 heterocycles. The van der Waals surface area contributed by atoms with Crippen molar-refractivity contribution in [1.29, 1.82) is 0 Å². The van der Waals surface area contributed by atoms with E-state index in [0.29, 0.717) is 6.54 Å². The summed E-state index contributed by atoms with van der Waals surface area (Å²) in [5.41, 5.74) is 1.24. The monoisotopic (exact) mass is 347 g/mol. The van der Waals surface area contributed by atoms with Gasteiger partial charge < -0.3 is 19.7 Å². The van der Waals surface area contributed by atoms with E-state index in [4.69, 9.17) is 9.47 Å². The second-order valence-electron chi connectivity index (χ2n) is 7.01. The number of nitrogens with zero attached hydrogens (tertiary/aromatic N) is 2. The minimum Gasteiger partial charge on any atom is -0.496 e. The van der Waals surface area contributed by atoms with Gasteiger partial charge >= 0.3 is 6.03 Å². The van der Waals surface area contributed by atoms with Crippen LogP contribution in [-0.4, -0.2) is 75.9 Å². The highest BCUT2D eigenvalue weighted by molar-refractivity contribution is 5.74. The number of morpholine rings is 1. The lowest BCUT2D eigenvalue weighted by molar-refractivity contribution is 0.0357. The van der Waals surface area contributed by atoms with Gasteiger partial charge in [0.2, 0.25) is 0 Å². The van der Waals surface area contributed by atoms with Crippen molar-refractivity contribution in [2.24, 2.45) is 0 Å². The maximum absolute atomic E-state index is 12.4. The van der Waals surface area contributed by atoms with Gasteiger partial charge in [0.15, 0.2) is 0 Å². The molecule has 1 N–H and O–H groups in total. The van der Waals surface area contributed by atoms with E-state index in [-0.39, 0.29) is 11.4 Å². The van der Waals surface area contributed by atoms with E-state index >= 15 is 0 Å². The number of carbonyl (C=O) groups is 1. The fourth-order valence-corrected chi connectivity index (χ4v) is 3.37. The molecule has 0 bridgehead atoms. The molecule has 0 atom stereocenters. The Kier molecular flexibility index (Phi) is 5.81. The lowest BCUT2D eigenvalue weighted by atomic mass is 9.95. The molecule has 1 saturated heterocycles. The molecule has 138 valence electrons. The zero-order valence-corrected chi connectivity index (χ0v) is 15.3. The fourth-order valence-electron chi connectivity index (χ4n) is 3.37. The van der Waals surface area contributed by atoms with E-state index in [1.54, 1.807) is 12.0 Å². The maximum Gasteiger partial charge on any atom is 0.317 e. The Balaban J connectivity index is 1.48. The number of rotatable bonds is 7. The van der Waals surface area contributed by atoms with Gasteiger partial charge in [-0.15, -0.1) is 0 Å². The predicted octanol–water partition coefficient (Wildman–Crippen LogP) is 1.70. The maximum atomic E-state index is 12.4. The molecule has 0 radical (unpaired) electrons. The Bertz CT molecular complexity index is 583. The van der Waals surface area contributed by atoms with Crippen molar-refractivity contribution in [3.8, 4) is 5.75 Å². The van der Waals surface area contributed by atoms with Crippen LogP contribution in [0, 0.1) is 0 Å².